The highest BCUT2D eigenvalue weighted by Gasteiger charge is 2.29. The van der Waals surface area contributed by atoms with Crippen LogP contribution in [0.3, 0.4) is 0 Å². The van der Waals surface area contributed by atoms with Gasteiger partial charge in [-0.15, -0.1) is 0 Å². The molecule has 8 heteroatoms. The maximum atomic E-state index is 12.9. The molecular formula is C22H24N4O4. The molecule has 4 heterocycles. The van der Waals surface area contributed by atoms with Crippen molar-refractivity contribution in [2.45, 2.75) is 38.1 Å². The molecule has 3 aromatic rings. The van der Waals surface area contributed by atoms with Crippen molar-refractivity contribution in [2.75, 3.05) is 26.9 Å². The minimum Gasteiger partial charge on any atom is -0.480 e. The molecule has 1 fully saturated rings. The van der Waals surface area contributed by atoms with E-state index in [1.54, 1.807) is 7.11 Å². The molecule has 2 aliphatic heterocycles. The van der Waals surface area contributed by atoms with E-state index in [-0.39, 0.29) is 11.8 Å². The second kappa shape index (κ2) is 8.02. The number of aryl methyl sites for hydroxylation is 1. The lowest BCUT2D eigenvalue weighted by atomic mass is 10.1. The summed E-state index contributed by atoms with van der Waals surface area (Å²) in [4.78, 5) is 28.5. The molecular weight excluding hydrogens is 384 g/mol. The van der Waals surface area contributed by atoms with E-state index in [4.69, 9.17) is 13.9 Å². The zero-order valence-electron chi connectivity index (χ0n) is 17.0. The number of oxazole rings is 1. The number of fused-ring (bicyclic) bond motifs is 2. The first kappa shape index (κ1) is 19.0. The molecule has 30 heavy (non-hydrogen) atoms. The first-order valence-electron chi connectivity index (χ1n) is 10.3. The van der Waals surface area contributed by atoms with Crippen LogP contribution in [0.2, 0.25) is 0 Å². The number of amides is 1. The van der Waals surface area contributed by atoms with Crippen LogP contribution in [-0.4, -0.2) is 52.6 Å². The second-order valence-corrected chi connectivity index (χ2v) is 7.72. The molecule has 0 bridgehead atoms. The van der Waals surface area contributed by atoms with Gasteiger partial charge in [0.15, 0.2) is 5.89 Å². The number of hydrogen-bond donors (Lipinski definition) is 0. The van der Waals surface area contributed by atoms with Crippen LogP contribution in [0.4, 0.5) is 0 Å². The van der Waals surface area contributed by atoms with Crippen molar-refractivity contribution in [3.63, 3.8) is 0 Å². The number of carbonyl (C=O) groups excluding carboxylic acids is 1. The first-order valence-corrected chi connectivity index (χ1v) is 10.3. The summed E-state index contributed by atoms with van der Waals surface area (Å²) in [6, 6.07) is 7.65. The minimum absolute atomic E-state index is 0.0754. The van der Waals surface area contributed by atoms with Crippen LogP contribution in [0.15, 0.2) is 28.7 Å². The van der Waals surface area contributed by atoms with Gasteiger partial charge in [-0.05, 0) is 18.6 Å². The van der Waals surface area contributed by atoms with Gasteiger partial charge in [0, 0.05) is 32.4 Å². The van der Waals surface area contributed by atoms with E-state index >= 15 is 0 Å². The predicted molar refractivity (Wildman–Crippen MR) is 108 cm³/mol. The largest absolute Gasteiger partial charge is 0.480 e. The van der Waals surface area contributed by atoms with Crippen molar-refractivity contribution in [2.24, 2.45) is 0 Å². The Kier molecular flexibility index (Phi) is 5.08. The summed E-state index contributed by atoms with van der Waals surface area (Å²) in [7, 11) is 1.58. The molecule has 0 saturated carbocycles. The summed E-state index contributed by atoms with van der Waals surface area (Å²) < 4.78 is 16.8. The summed E-state index contributed by atoms with van der Waals surface area (Å²) in [5.74, 6) is 2.44. The van der Waals surface area contributed by atoms with E-state index in [9.17, 15) is 4.79 Å². The van der Waals surface area contributed by atoms with Crippen molar-refractivity contribution in [3.8, 4) is 5.88 Å². The fraction of sp³-hybridized carbons (Fsp3) is 0.455. The minimum atomic E-state index is 0.0754. The van der Waals surface area contributed by atoms with Gasteiger partial charge in [0.1, 0.15) is 17.1 Å². The molecule has 0 aliphatic carbocycles. The van der Waals surface area contributed by atoms with E-state index in [1.165, 1.54) is 0 Å². The van der Waals surface area contributed by atoms with Crippen LogP contribution < -0.4 is 4.74 Å². The molecule has 8 nitrogen and oxygen atoms in total. The van der Waals surface area contributed by atoms with Gasteiger partial charge < -0.3 is 18.8 Å². The average Bonchev–Trinajstić information content (AvgIpc) is 3.45. The molecule has 1 unspecified atom stereocenters. The van der Waals surface area contributed by atoms with Gasteiger partial charge in [-0.1, -0.05) is 12.1 Å². The smallest absolute Gasteiger partial charge is 0.235 e. The molecule has 0 spiro atoms. The highest BCUT2D eigenvalue weighted by atomic mass is 16.5. The van der Waals surface area contributed by atoms with Gasteiger partial charge in [0.25, 0.3) is 0 Å². The third kappa shape index (κ3) is 3.63. The third-order valence-electron chi connectivity index (χ3n) is 5.75. The SMILES string of the molecule is COc1nc2ccccc2nc1CCC(=O)N1CCc2oc(C3CCOC3)nc2C1. The number of para-hydroxylation sites is 2. The van der Waals surface area contributed by atoms with Crippen molar-refractivity contribution in [3.05, 3.63) is 47.3 Å². The van der Waals surface area contributed by atoms with Crippen LogP contribution in [0.1, 0.15) is 41.8 Å². The third-order valence-corrected chi connectivity index (χ3v) is 5.75. The topological polar surface area (TPSA) is 90.6 Å². The summed E-state index contributed by atoms with van der Waals surface area (Å²) in [5, 5.41) is 0. The molecule has 1 aromatic carbocycles. The number of benzene rings is 1. The maximum Gasteiger partial charge on any atom is 0.235 e. The monoisotopic (exact) mass is 408 g/mol. The van der Waals surface area contributed by atoms with Gasteiger partial charge in [-0.2, -0.15) is 0 Å². The molecule has 2 aromatic heterocycles. The van der Waals surface area contributed by atoms with Crippen molar-refractivity contribution < 1.29 is 18.7 Å². The number of methoxy groups -OCH3 is 1. The fourth-order valence-electron chi connectivity index (χ4n) is 4.07. The summed E-state index contributed by atoms with van der Waals surface area (Å²) in [6.45, 7) is 2.55. The summed E-state index contributed by atoms with van der Waals surface area (Å²) in [6.07, 6.45) is 2.46. The highest BCUT2D eigenvalue weighted by molar-refractivity contribution is 5.77. The summed E-state index contributed by atoms with van der Waals surface area (Å²) in [5.41, 5.74) is 3.16. The Morgan fingerprint density at radius 3 is 2.83 bits per heavy atom. The zero-order valence-corrected chi connectivity index (χ0v) is 17.0. The van der Waals surface area contributed by atoms with Gasteiger partial charge >= 0.3 is 0 Å². The Hall–Kier alpha value is -3.00. The average molecular weight is 408 g/mol. The Labute approximate surface area is 174 Å². The van der Waals surface area contributed by atoms with Crippen molar-refractivity contribution in [1.82, 2.24) is 19.9 Å². The lowest BCUT2D eigenvalue weighted by Gasteiger charge is -2.25. The molecule has 1 amide bonds. The Bertz CT molecular complexity index is 1070. The maximum absolute atomic E-state index is 12.9. The van der Waals surface area contributed by atoms with E-state index in [2.05, 4.69) is 15.0 Å². The normalized spacial score (nSPS) is 18.6. The number of carbonyl (C=O) groups is 1. The van der Waals surface area contributed by atoms with E-state index in [0.717, 1.165) is 41.4 Å². The molecule has 0 radical (unpaired) electrons. The molecule has 156 valence electrons. The molecule has 1 saturated heterocycles. The number of nitrogens with zero attached hydrogens (tertiary/aromatic N) is 4. The Morgan fingerprint density at radius 1 is 1.23 bits per heavy atom. The van der Waals surface area contributed by atoms with Crippen LogP contribution in [-0.2, 0) is 28.9 Å². The Balaban J connectivity index is 1.26. The van der Waals surface area contributed by atoms with E-state index in [0.29, 0.717) is 50.5 Å². The van der Waals surface area contributed by atoms with Gasteiger partial charge in [-0.25, -0.2) is 15.0 Å². The van der Waals surface area contributed by atoms with Gasteiger partial charge in [0.2, 0.25) is 11.8 Å². The van der Waals surface area contributed by atoms with Crippen LogP contribution >= 0.6 is 0 Å². The highest BCUT2D eigenvalue weighted by Crippen LogP contribution is 2.29. The van der Waals surface area contributed by atoms with Crippen LogP contribution in [0.25, 0.3) is 11.0 Å². The molecule has 0 N–H and O–H groups in total. The standard InChI is InChI=1S/C22H24N4O4/c1-28-22-17(23-15-4-2-3-5-16(15)24-22)6-7-20(27)26-10-8-19-18(12-26)25-21(30-19)14-9-11-29-13-14/h2-5,14H,6-13H2,1H3. The van der Waals surface area contributed by atoms with Gasteiger partial charge in [-0.3, -0.25) is 4.79 Å². The van der Waals surface area contributed by atoms with Gasteiger partial charge in [0.05, 0.1) is 37.2 Å². The van der Waals surface area contributed by atoms with E-state index in [1.807, 2.05) is 29.2 Å². The van der Waals surface area contributed by atoms with Crippen LogP contribution in [0.5, 0.6) is 5.88 Å². The first-order chi connectivity index (χ1) is 14.7. The molecule has 2 aliphatic rings. The zero-order chi connectivity index (χ0) is 20.5. The number of ether oxygens (including phenoxy) is 2. The van der Waals surface area contributed by atoms with Crippen molar-refractivity contribution in [1.29, 1.82) is 0 Å². The lowest BCUT2D eigenvalue weighted by molar-refractivity contribution is -0.132. The molecule has 5 rings (SSSR count). The van der Waals surface area contributed by atoms with E-state index < -0.39 is 0 Å². The summed E-state index contributed by atoms with van der Waals surface area (Å²) >= 11 is 0. The number of aromatic nitrogens is 3. The Morgan fingerprint density at radius 2 is 2.07 bits per heavy atom. The lowest BCUT2D eigenvalue weighted by Crippen LogP contribution is -2.36. The molecule has 1 atom stereocenters. The van der Waals surface area contributed by atoms with Crippen LogP contribution in [0, 0.1) is 0 Å². The quantitative estimate of drug-likeness (QED) is 0.641. The number of hydrogen-bond acceptors (Lipinski definition) is 7. The van der Waals surface area contributed by atoms with Crippen molar-refractivity contribution >= 4 is 16.9 Å². The fourth-order valence-corrected chi connectivity index (χ4v) is 4.07. The second-order valence-electron chi connectivity index (χ2n) is 7.72. The predicted octanol–water partition coefficient (Wildman–Crippen LogP) is 2.65. The number of rotatable bonds is 5.